The van der Waals surface area contributed by atoms with Crippen LogP contribution in [0.2, 0.25) is 0 Å². The molecule has 1 amide bonds. The minimum atomic E-state index is -1.22. The molecule has 0 aromatic carbocycles. The Morgan fingerprint density at radius 1 is 0.953 bits per heavy atom. The smallest absolute Gasteiger partial charge is 0.334 e. The van der Waals surface area contributed by atoms with E-state index in [1.807, 2.05) is 32.1 Å². The van der Waals surface area contributed by atoms with Crippen molar-refractivity contribution in [2.75, 3.05) is 13.2 Å². The van der Waals surface area contributed by atoms with E-state index in [-0.39, 0.29) is 37.7 Å². The molecule has 0 saturated heterocycles. The lowest BCUT2D eigenvalue weighted by molar-refractivity contribution is -0.152. The zero-order valence-corrected chi connectivity index (χ0v) is 26.8. The minimum absolute atomic E-state index is 0.113. The summed E-state index contributed by atoms with van der Waals surface area (Å²) in [4.78, 5) is 37.9. The van der Waals surface area contributed by atoms with Gasteiger partial charge in [0, 0.05) is 31.4 Å². The van der Waals surface area contributed by atoms with Crippen LogP contribution in [0, 0.1) is 11.8 Å². The van der Waals surface area contributed by atoms with Crippen molar-refractivity contribution in [2.24, 2.45) is 11.8 Å². The number of aliphatic hydroxyl groups excluding tert-OH is 4. The van der Waals surface area contributed by atoms with Gasteiger partial charge in [-0.2, -0.15) is 0 Å². The van der Waals surface area contributed by atoms with Crippen molar-refractivity contribution in [3.8, 4) is 0 Å². The quantitative estimate of drug-likeness (QED) is 0.294. The van der Waals surface area contributed by atoms with Gasteiger partial charge in [0.1, 0.15) is 5.78 Å². The highest BCUT2D eigenvalue weighted by Crippen LogP contribution is 2.19. The Hall–Kier alpha value is -2.33. The zero-order chi connectivity index (χ0) is 32.2. The summed E-state index contributed by atoms with van der Waals surface area (Å²) < 4.78 is 5.50. The highest BCUT2D eigenvalue weighted by atomic mass is 16.5. The fourth-order valence-corrected chi connectivity index (χ4v) is 5.16. The molecule has 9 nitrogen and oxygen atoms in total. The molecule has 1 aliphatic heterocycles. The number of ether oxygens (including phenoxy) is 1. The first kappa shape index (κ1) is 38.7. The molecule has 43 heavy (non-hydrogen) atoms. The highest BCUT2D eigenvalue weighted by molar-refractivity contribution is 5.91. The zero-order valence-electron chi connectivity index (χ0n) is 26.8. The number of ketones is 1. The standard InChI is InChI=1S/C34H57NO8/c1-5-11-32-33(41)35-22-29(38)21-31(40)30(39)19-18-27(23-36)15-9-13-26(6-2)14-10-17-28(37)16-8-7-12-24(3)20-25(4)34(42)43-32/h9,13,15,20,24,26,29-32,36,38-40H,5-8,10-12,14,16-19,21-23H2,1-4H3,(H,35,41)/b13-9+,25-20+,27-15-/t24-,26+,29+,30-,31+,32+/m1/s1. The SMILES string of the molecule is CCC[C@@H]1OC(=O)/C(C)=C/[C@H](C)CCCCC(=O)CCC[C@@H](CC)/C=C/C=C(\CO)CC[C@@H](O)[C@@H](O)C[C@H](O)CNC1=O. The second-order valence-corrected chi connectivity index (χ2v) is 12.0. The predicted molar refractivity (Wildman–Crippen MR) is 168 cm³/mol. The van der Waals surface area contributed by atoms with Crippen LogP contribution in [-0.4, -0.2) is 75.7 Å². The third-order valence-corrected chi connectivity index (χ3v) is 8.02. The number of carbonyl (C=O) groups excluding carboxylic acids is 3. The van der Waals surface area contributed by atoms with Crippen molar-refractivity contribution in [3.05, 3.63) is 35.5 Å². The number of carbonyl (C=O) groups is 3. The van der Waals surface area contributed by atoms with Crippen molar-refractivity contribution in [3.63, 3.8) is 0 Å². The lowest BCUT2D eigenvalue weighted by Crippen LogP contribution is -2.42. The molecular weight excluding hydrogens is 550 g/mol. The molecule has 0 spiro atoms. The number of amides is 1. The maximum absolute atomic E-state index is 12.8. The van der Waals surface area contributed by atoms with E-state index in [1.165, 1.54) is 0 Å². The number of hydrogen-bond donors (Lipinski definition) is 5. The van der Waals surface area contributed by atoms with Crippen LogP contribution >= 0.6 is 0 Å². The van der Waals surface area contributed by atoms with Gasteiger partial charge in [0.15, 0.2) is 6.10 Å². The monoisotopic (exact) mass is 607 g/mol. The molecular formula is C34H57NO8. The van der Waals surface area contributed by atoms with Gasteiger partial charge in [-0.15, -0.1) is 0 Å². The third kappa shape index (κ3) is 16.9. The van der Waals surface area contributed by atoms with Gasteiger partial charge in [0.05, 0.1) is 24.9 Å². The number of Topliss-reactive ketones (excluding diaryl/α,β-unsaturated/α-hetero) is 1. The molecule has 1 rings (SSSR count). The first-order valence-electron chi connectivity index (χ1n) is 16.2. The van der Waals surface area contributed by atoms with Crippen molar-refractivity contribution in [1.29, 1.82) is 0 Å². The van der Waals surface area contributed by atoms with Gasteiger partial charge in [-0.3, -0.25) is 9.59 Å². The van der Waals surface area contributed by atoms with Gasteiger partial charge in [-0.05, 0) is 75.7 Å². The number of β-amino-alcohol motifs (C(OH)–C–C–N with tert-alkyl or cyclic N) is 1. The van der Waals surface area contributed by atoms with E-state index in [4.69, 9.17) is 4.74 Å². The van der Waals surface area contributed by atoms with Crippen molar-refractivity contribution in [2.45, 2.75) is 136 Å². The second kappa shape index (κ2) is 22.2. The summed E-state index contributed by atoms with van der Waals surface area (Å²) in [6, 6.07) is 0. The lowest BCUT2D eigenvalue weighted by atomic mass is 9.95. The molecule has 0 unspecified atom stereocenters. The molecule has 9 heteroatoms. The number of cyclic esters (lactones) is 1. The van der Waals surface area contributed by atoms with Gasteiger partial charge in [0.25, 0.3) is 5.91 Å². The molecule has 0 aromatic heterocycles. The Kier molecular flexibility index (Phi) is 20.0. The summed E-state index contributed by atoms with van der Waals surface area (Å²) in [5, 5.41) is 43.6. The predicted octanol–water partition coefficient (Wildman–Crippen LogP) is 4.46. The van der Waals surface area contributed by atoms with Crippen LogP contribution in [0.1, 0.15) is 111 Å². The molecule has 246 valence electrons. The van der Waals surface area contributed by atoms with Crippen molar-refractivity contribution < 1.29 is 39.5 Å². The van der Waals surface area contributed by atoms with Gasteiger partial charge < -0.3 is 30.5 Å². The Morgan fingerprint density at radius 2 is 1.67 bits per heavy atom. The van der Waals surface area contributed by atoms with Crippen LogP contribution in [0.4, 0.5) is 0 Å². The number of hydrogen-bond acceptors (Lipinski definition) is 8. The molecule has 0 bridgehead atoms. The van der Waals surface area contributed by atoms with E-state index in [9.17, 15) is 34.8 Å². The number of rotatable bonds is 4. The maximum Gasteiger partial charge on any atom is 0.334 e. The summed E-state index contributed by atoms with van der Waals surface area (Å²) in [5.74, 6) is -0.392. The summed E-state index contributed by atoms with van der Waals surface area (Å²) in [5.41, 5.74) is 1.13. The molecule has 0 aliphatic carbocycles. The van der Waals surface area contributed by atoms with E-state index in [0.29, 0.717) is 49.2 Å². The normalized spacial score (nSPS) is 32.6. The number of allylic oxidation sites excluding steroid dienone is 4. The van der Waals surface area contributed by atoms with Gasteiger partial charge in [-0.25, -0.2) is 4.79 Å². The van der Waals surface area contributed by atoms with E-state index in [1.54, 1.807) is 6.92 Å². The average Bonchev–Trinajstić information content (AvgIpc) is 2.97. The molecule has 0 fully saturated rings. The molecule has 0 radical (unpaired) electrons. The number of aliphatic hydroxyl groups is 4. The van der Waals surface area contributed by atoms with Crippen LogP contribution < -0.4 is 5.32 Å². The van der Waals surface area contributed by atoms with Gasteiger partial charge in [0.2, 0.25) is 0 Å². The summed E-state index contributed by atoms with van der Waals surface area (Å²) >= 11 is 0. The summed E-state index contributed by atoms with van der Waals surface area (Å²) in [6.07, 6.45) is 10.8. The summed E-state index contributed by atoms with van der Waals surface area (Å²) in [6.45, 7) is 7.31. The fraction of sp³-hybridized carbons (Fsp3) is 0.735. The van der Waals surface area contributed by atoms with Crippen LogP contribution in [0.3, 0.4) is 0 Å². The Morgan fingerprint density at radius 3 is 2.35 bits per heavy atom. The third-order valence-electron chi connectivity index (χ3n) is 8.02. The Bertz CT molecular complexity index is 927. The molecule has 6 atom stereocenters. The van der Waals surface area contributed by atoms with E-state index < -0.39 is 36.3 Å². The minimum Gasteiger partial charge on any atom is -0.449 e. The number of nitrogens with one attached hydrogen (secondary N) is 1. The van der Waals surface area contributed by atoms with Crippen molar-refractivity contribution >= 4 is 17.7 Å². The highest BCUT2D eigenvalue weighted by Gasteiger charge is 2.25. The topological polar surface area (TPSA) is 153 Å². The molecule has 1 aliphatic rings. The van der Waals surface area contributed by atoms with Gasteiger partial charge in [-0.1, -0.05) is 57.9 Å². The van der Waals surface area contributed by atoms with Crippen LogP contribution in [0.5, 0.6) is 0 Å². The van der Waals surface area contributed by atoms with E-state index in [2.05, 4.69) is 18.3 Å². The summed E-state index contributed by atoms with van der Waals surface area (Å²) in [7, 11) is 0. The molecule has 0 aromatic rings. The lowest BCUT2D eigenvalue weighted by Gasteiger charge is -2.22. The van der Waals surface area contributed by atoms with Crippen LogP contribution in [-0.2, 0) is 19.1 Å². The fourth-order valence-electron chi connectivity index (χ4n) is 5.16. The van der Waals surface area contributed by atoms with Gasteiger partial charge >= 0.3 is 5.97 Å². The molecule has 5 N–H and O–H groups in total. The van der Waals surface area contributed by atoms with E-state index in [0.717, 1.165) is 38.5 Å². The number of esters is 1. The maximum atomic E-state index is 12.8. The van der Waals surface area contributed by atoms with Crippen LogP contribution in [0.25, 0.3) is 0 Å². The Balaban J connectivity index is 2.97. The largest absolute Gasteiger partial charge is 0.449 e. The average molecular weight is 608 g/mol. The molecule has 1 heterocycles. The second-order valence-electron chi connectivity index (χ2n) is 12.0. The first-order valence-corrected chi connectivity index (χ1v) is 16.2. The van der Waals surface area contributed by atoms with E-state index >= 15 is 0 Å². The first-order chi connectivity index (χ1) is 20.5. The van der Waals surface area contributed by atoms with Crippen LogP contribution in [0.15, 0.2) is 35.5 Å². The molecule has 0 saturated carbocycles. The Labute approximate surface area is 258 Å². The van der Waals surface area contributed by atoms with Crippen molar-refractivity contribution in [1.82, 2.24) is 5.32 Å².